The minimum Gasteiger partial charge on any atom is -0.395 e. The predicted molar refractivity (Wildman–Crippen MR) is 129 cm³/mol. The van der Waals surface area contributed by atoms with Crippen LogP contribution < -0.4 is 5.32 Å². The lowest BCUT2D eigenvalue weighted by atomic mass is 9.55. The summed E-state index contributed by atoms with van der Waals surface area (Å²) in [6.45, 7) is 6.97. The summed E-state index contributed by atoms with van der Waals surface area (Å²) in [5.74, 6) is 2.82. The summed E-state index contributed by atoms with van der Waals surface area (Å²) in [6.07, 6.45) is 10.3. The van der Waals surface area contributed by atoms with Gasteiger partial charge in [-0.3, -0.25) is 9.69 Å². The van der Waals surface area contributed by atoms with Gasteiger partial charge in [-0.05, 0) is 118 Å². The van der Waals surface area contributed by atoms with Crippen LogP contribution in [0.25, 0.3) is 0 Å². The van der Waals surface area contributed by atoms with Crippen molar-refractivity contribution in [3.05, 3.63) is 34.3 Å². The van der Waals surface area contributed by atoms with Crippen LogP contribution in [-0.4, -0.2) is 48.2 Å². The molecule has 4 fully saturated rings. The van der Waals surface area contributed by atoms with Crippen molar-refractivity contribution in [1.29, 1.82) is 0 Å². The van der Waals surface area contributed by atoms with Gasteiger partial charge in [-0.2, -0.15) is 0 Å². The van der Waals surface area contributed by atoms with Crippen molar-refractivity contribution in [3.8, 4) is 0 Å². The van der Waals surface area contributed by atoms with Crippen molar-refractivity contribution < 1.29 is 9.90 Å². The summed E-state index contributed by atoms with van der Waals surface area (Å²) >= 11 is 6.44. The number of aliphatic hydroxyl groups excluding tert-OH is 1. The fourth-order valence-electron chi connectivity index (χ4n) is 8.25. The van der Waals surface area contributed by atoms with E-state index in [-0.39, 0.29) is 12.5 Å². The number of aryl methyl sites for hydroxylation is 1. The molecule has 0 aromatic heterocycles. The molecule has 3 bridgehead atoms. The molecule has 0 saturated heterocycles. The molecule has 1 spiro atoms. The van der Waals surface area contributed by atoms with Gasteiger partial charge in [-0.15, -0.1) is 0 Å². The third-order valence-electron chi connectivity index (χ3n) is 9.51. The molecule has 4 aliphatic rings. The number of carbonyl (C=O) groups is 1. The Kier molecular flexibility index (Phi) is 6.09. The van der Waals surface area contributed by atoms with E-state index in [9.17, 15) is 9.90 Å². The Morgan fingerprint density at radius 1 is 1.22 bits per heavy atom. The highest BCUT2D eigenvalue weighted by Gasteiger charge is 2.70. The number of carbonyl (C=O) groups excluding carboxylic acids is 1. The standard InChI is InChI=1S/C27H39ClN2O2/c1-18(2)30(8-9-31)7-3-4-19-5-6-24(28)23(11-19)25(32)29-17-26-13-20-10-21-12-22(15-26)27(21,14-20)16-26/h5-6,11,18,20-22,31H,3-4,7-10,12-17H2,1-2H3,(H,29,32). The van der Waals surface area contributed by atoms with E-state index in [1.807, 2.05) is 18.2 Å². The maximum atomic E-state index is 13.1. The fraction of sp³-hybridized carbons (Fsp3) is 0.741. The smallest absolute Gasteiger partial charge is 0.252 e. The van der Waals surface area contributed by atoms with E-state index in [1.165, 1.54) is 38.5 Å². The summed E-state index contributed by atoms with van der Waals surface area (Å²) in [5, 5.41) is 13.1. The minimum atomic E-state index is -0.0125. The van der Waals surface area contributed by atoms with Crippen molar-refractivity contribution >= 4 is 17.5 Å². The first-order valence-electron chi connectivity index (χ1n) is 12.8. The monoisotopic (exact) mass is 458 g/mol. The molecule has 0 aliphatic heterocycles. The van der Waals surface area contributed by atoms with E-state index in [2.05, 4.69) is 24.1 Å². The van der Waals surface area contributed by atoms with Crippen LogP contribution in [0.1, 0.15) is 74.7 Å². The third-order valence-corrected chi connectivity index (χ3v) is 9.84. The van der Waals surface area contributed by atoms with E-state index in [4.69, 9.17) is 11.6 Å². The van der Waals surface area contributed by atoms with E-state index in [1.54, 1.807) is 0 Å². The fourth-order valence-corrected chi connectivity index (χ4v) is 8.46. The van der Waals surface area contributed by atoms with Crippen LogP contribution >= 0.6 is 11.6 Å². The first-order chi connectivity index (χ1) is 15.3. The molecular formula is C27H39ClN2O2. The SMILES string of the molecule is CC(C)N(CCO)CCCc1ccc(Cl)c(C(=O)NCC23CC4CC5CC(C2)C5(C4)C3)c1. The second-order valence-electron chi connectivity index (χ2n) is 11.7. The molecule has 5 unspecified atom stereocenters. The Hall–Kier alpha value is -1.10. The molecule has 0 radical (unpaired) electrons. The van der Waals surface area contributed by atoms with E-state index >= 15 is 0 Å². The second-order valence-corrected chi connectivity index (χ2v) is 12.1. The zero-order valence-corrected chi connectivity index (χ0v) is 20.5. The van der Waals surface area contributed by atoms with Crippen LogP contribution in [0.15, 0.2) is 18.2 Å². The third kappa shape index (κ3) is 3.91. The van der Waals surface area contributed by atoms with Crippen molar-refractivity contribution in [2.75, 3.05) is 26.2 Å². The normalized spacial score (nSPS) is 34.2. The molecule has 1 amide bonds. The lowest BCUT2D eigenvalue weighted by molar-refractivity contribution is -0.00253. The number of benzene rings is 1. The van der Waals surface area contributed by atoms with Crippen LogP contribution in [0, 0.1) is 28.6 Å². The number of amides is 1. The average molecular weight is 459 g/mol. The molecule has 1 aromatic rings. The zero-order valence-electron chi connectivity index (χ0n) is 19.7. The van der Waals surface area contributed by atoms with E-state index in [0.29, 0.717) is 34.0 Å². The molecule has 4 aliphatic carbocycles. The molecule has 176 valence electrons. The Morgan fingerprint density at radius 2 is 2.06 bits per heavy atom. The van der Waals surface area contributed by atoms with Gasteiger partial charge in [-0.25, -0.2) is 0 Å². The number of hydrogen-bond donors (Lipinski definition) is 2. The first-order valence-corrected chi connectivity index (χ1v) is 13.1. The largest absolute Gasteiger partial charge is 0.395 e. The van der Waals surface area contributed by atoms with Gasteiger partial charge in [0.1, 0.15) is 0 Å². The van der Waals surface area contributed by atoms with Crippen molar-refractivity contribution in [2.45, 2.75) is 71.3 Å². The molecule has 5 heteroatoms. The number of hydrogen-bond acceptors (Lipinski definition) is 3. The van der Waals surface area contributed by atoms with Crippen molar-refractivity contribution in [1.82, 2.24) is 10.2 Å². The van der Waals surface area contributed by atoms with Crippen molar-refractivity contribution in [2.24, 2.45) is 28.6 Å². The molecule has 0 heterocycles. The lowest BCUT2D eigenvalue weighted by Crippen LogP contribution is -2.43. The summed E-state index contributed by atoms with van der Waals surface area (Å²) in [4.78, 5) is 15.4. The second kappa shape index (κ2) is 8.60. The van der Waals surface area contributed by atoms with E-state index < -0.39 is 0 Å². The van der Waals surface area contributed by atoms with Gasteiger partial charge in [0.2, 0.25) is 0 Å². The highest BCUT2D eigenvalue weighted by molar-refractivity contribution is 6.33. The zero-order chi connectivity index (χ0) is 22.5. The lowest BCUT2D eigenvalue weighted by Gasteiger charge is -2.49. The van der Waals surface area contributed by atoms with Crippen LogP contribution in [0.3, 0.4) is 0 Å². The average Bonchev–Trinajstić information content (AvgIpc) is 3.07. The Bertz CT molecular complexity index is 869. The molecule has 4 saturated carbocycles. The quantitative estimate of drug-likeness (QED) is 0.523. The summed E-state index contributed by atoms with van der Waals surface area (Å²) < 4.78 is 0. The van der Waals surface area contributed by atoms with Gasteiger partial charge in [-0.1, -0.05) is 17.7 Å². The van der Waals surface area contributed by atoms with E-state index in [0.717, 1.165) is 49.2 Å². The topological polar surface area (TPSA) is 52.6 Å². The summed E-state index contributed by atoms with van der Waals surface area (Å²) in [7, 11) is 0. The Morgan fingerprint density at radius 3 is 2.84 bits per heavy atom. The minimum absolute atomic E-state index is 0.0125. The van der Waals surface area contributed by atoms with Crippen molar-refractivity contribution in [3.63, 3.8) is 0 Å². The number of halogens is 1. The number of aliphatic hydroxyl groups is 1. The van der Waals surface area contributed by atoms with Gasteiger partial charge in [0.15, 0.2) is 0 Å². The molecule has 2 N–H and O–H groups in total. The maximum Gasteiger partial charge on any atom is 0.252 e. The number of nitrogens with one attached hydrogen (secondary N) is 1. The maximum absolute atomic E-state index is 13.1. The summed E-state index contributed by atoms with van der Waals surface area (Å²) in [5.41, 5.74) is 2.77. The van der Waals surface area contributed by atoms with Gasteiger partial charge in [0, 0.05) is 19.1 Å². The highest BCUT2D eigenvalue weighted by Crippen LogP contribution is 2.78. The molecule has 1 aromatic carbocycles. The Balaban J connectivity index is 1.18. The molecular weight excluding hydrogens is 420 g/mol. The summed E-state index contributed by atoms with van der Waals surface area (Å²) in [6, 6.07) is 6.32. The Labute approximate surface area is 198 Å². The number of fused-ring (bicyclic) bond motifs is 2. The molecule has 5 rings (SSSR count). The first kappa shape index (κ1) is 22.7. The number of rotatable bonds is 10. The van der Waals surface area contributed by atoms with Crippen LogP contribution in [0.2, 0.25) is 5.02 Å². The molecule has 4 nitrogen and oxygen atoms in total. The van der Waals surface area contributed by atoms with Crippen LogP contribution in [0.4, 0.5) is 0 Å². The van der Waals surface area contributed by atoms with Crippen LogP contribution in [0.5, 0.6) is 0 Å². The molecule has 5 atom stereocenters. The van der Waals surface area contributed by atoms with Gasteiger partial charge < -0.3 is 10.4 Å². The van der Waals surface area contributed by atoms with Gasteiger partial charge in [0.25, 0.3) is 5.91 Å². The number of nitrogens with zero attached hydrogens (tertiary/aromatic N) is 1. The highest BCUT2D eigenvalue weighted by atomic mass is 35.5. The molecule has 32 heavy (non-hydrogen) atoms. The van der Waals surface area contributed by atoms with Gasteiger partial charge in [0.05, 0.1) is 17.2 Å². The van der Waals surface area contributed by atoms with Crippen LogP contribution in [-0.2, 0) is 6.42 Å². The van der Waals surface area contributed by atoms with Gasteiger partial charge >= 0.3 is 0 Å². The predicted octanol–water partition coefficient (Wildman–Crippen LogP) is 4.92.